The maximum atomic E-state index is 7.52. The minimum absolute atomic E-state index is 0.355. The van der Waals surface area contributed by atoms with Crippen molar-refractivity contribution in [2.75, 3.05) is 0 Å². The Morgan fingerprint density at radius 1 is 0.415 bits per heavy atom. The first kappa shape index (κ1) is 38.8. The van der Waals surface area contributed by atoms with Gasteiger partial charge >= 0.3 is 0 Å². The summed E-state index contributed by atoms with van der Waals surface area (Å²) in [5.41, 5.74) is 2.96. The molecule has 6 rings (SSSR count). The molecule has 0 fully saturated rings. The van der Waals surface area contributed by atoms with Gasteiger partial charge in [0, 0.05) is 30.9 Å². The van der Waals surface area contributed by atoms with Crippen LogP contribution in [0.5, 0.6) is 23.0 Å². The van der Waals surface area contributed by atoms with Crippen LogP contribution in [-0.4, -0.2) is 12.2 Å². The van der Waals surface area contributed by atoms with Crippen molar-refractivity contribution in [3.8, 4) is 23.0 Å². The lowest BCUT2D eigenvalue weighted by atomic mass is 9.74. The molecule has 0 aliphatic carbocycles. The second kappa shape index (κ2) is 17.0. The molecule has 6 aromatic carbocycles. The van der Waals surface area contributed by atoms with Crippen LogP contribution in [0.1, 0.15) is 49.9 Å². The number of ether oxygens (including phenoxy) is 3. The molecule has 7 heteroatoms. The summed E-state index contributed by atoms with van der Waals surface area (Å²) in [6.45, 7) is 8.72. The molecule has 0 saturated carbocycles. The first-order chi connectivity index (χ1) is 25.3. The van der Waals surface area contributed by atoms with Crippen LogP contribution in [0.25, 0.3) is 0 Å². The highest BCUT2D eigenvalue weighted by Gasteiger charge is 2.40. The number of halogens is 4. The molecule has 0 spiro atoms. The molecular weight excluding hydrogens is 742 g/mol. The Balaban J connectivity index is 1.41. The van der Waals surface area contributed by atoms with Crippen molar-refractivity contribution in [1.29, 1.82) is 0 Å². The van der Waals surface area contributed by atoms with Crippen LogP contribution in [0.3, 0.4) is 0 Å². The summed E-state index contributed by atoms with van der Waals surface area (Å²) in [4.78, 5) is 0. The van der Waals surface area contributed by atoms with Crippen LogP contribution < -0.4 is 9.47 Å². The van der Waals surface area contributed by atoms with E-state index < -0.39 is 10.8 Å². The fourth-order valence-corrected chi connectivity index (χ4v) is 7.57. The predicted octanol–water partition coefficient (Wildman–Crippen LogP) is 14.4. The van der Waals surface area contributed by atoms with E-state index in [1.54, 1.807) is 12.1 Å². The Kier molecular flexibility index (Phi) is 12.4. The molecule has 0 heterocycles. The number of hydrogen-bond donors (Lipinski definition) is 0. The van der Waals surface area contributed by atoms with Crippen molar-refractivity contribution in [2.24, 2.45) is 0 Å². The molecule has 0 amide bonds. The van der Waals surface area contributed by atoms with Crippen molar-refractivity contribution in [3.63, 3.8) is 0 Å². The van der Waals surface area contributed by atoms with Crippen LogP contribution >= 0.6 is 46.4 Å². The van der Waals surface area contributed by atoms with E-state index in [0.29, 0.717) is 32.9 Å². The predicted molar refractivity (Wildman–Crippen MR) is 221 cm³/mol. The fourth-order valence-electron chi connectivity index (χ4n) is 6.52. The molecule has 53 heavy (non-hydrogen) atoms. The lowest BCUT2D eigenvalue weighted by Crippen LogP contribution is -2.46. The van der Waals surface area contributed by atoms with Crippen molar-refractivity contribution >= 4 is 46.4 Å². The number of hydrogen-bond acceptors (Lipinski definition) is 3. The third kappa shape index (κ3) is 10.2. The first-order valence-corrected chi connectivity index (χ1v) is 19.1. The van der Waals surface area contributed by atoms with E-state index >= 15 is 0 Å². The number of rotatable bonds is 14. The van der Waals surface area contributed by atoms with Gasteiger partial charge in [-0.15, -0.1) is 0 Å². The molecule has 0 aliphatic rings. The summed E-state index contributed by atoms with van der Waals surface area (Å²) in [5.74, 6) is 3.03. The first-order valence-electron chi connectivity index (χ1n) is 17.6. The van der Waals surface area contributed by atoms with Gasteiger partial charge in [0.15, 0.2) is 0 Å². The van der Waals surface area contributed by atoms with Gasteiger partial charge in [-0.1, -0.05) is 135 Å². The maximum absolute atomic E-state index is 7.52. The highest BCUT2D eigenvalue weighted by Crippen LogP contribution is 2.41. The lowest BCUT2D eigenvalue weighted by molar-refractivity contribution is -0.0752. The number of benzene rings is 6. The average molecular weight is 785 g/mol. The molecule has 2 unspecified atom stereocenters. The van der Waals surface area contributed by atoms with Crippen molar-refractivity contribution in [1.82, 2.24) is 0 Å². The Labute approximate surface area is 333 Å². The highest BCUT2D eigenvalue weighted by atomic mass is 35.5. The molecule has 0 saturated heterocycles. The third-order valence-corrected chi connectivity index (χ3v) is 10.6. The van der Waals surface area contributed by atoms with Gasteiger partial charge in [-0.25, -0.2) is 0 Å². The van der Waals surface area contributed by atoms with Crippen LogP contribution in [0.2, 0.25) is 20.1 Å². The fraction of sp³-hybridized carbons (Fsp3) is 0.217. The Hall–Kier alpha value is -3.96. The molecule has 2 atom stereocenters. The van der Waals surface area contributed by atoms with Gasteiger partial charge in [-0.05, 0) is 120 Å². The zero-order chi connectivity index (χ0) is 37.6. The number of para-hydroxylation sites is 2. The largest absolute Gasteiger partial charge is 0.457 e. The van der Waals surface area contributed by atoms with Crippen LogP contribution in [-0.2, 0) is 28.4 Å². The zero-order valence-electron chi connectivity index (χ0n) is 30.2. The second-order valence-electron chi connectivity index (χ2n) is 14.4. The van der Waals surface area contributed by atoms with Crippen molar-refractivity contribution in [3.05, 3.63) is 188 Å². The second-order valence-corrected chi connectivity index (χ2v) is 16.2. The van der Waals surface area contributed by atoms with Gasteiger partial charge in [0.1, 0.15) is 23.0 Å². The zero-order valence-corrected chi connectivity index (χ0v) is 33.2. The quantitative estimate of drug-likeness (QED) is 0.110. The summed E-state index contributed by atoms with van der Waals surface area (Å²) < 4.78 is 20.0. The lowest BCUT2D eigenvalue weighted by Gasteiger charge is -2.43. The summed E-state index contributed by atoms with van der Waals surface area (Å²) in [7, 11) is 0. The summed E-state index contributed by atoms with van der Waals surface area (Å²) in [6.07, 6.45) is 0.435. The molecule has 0 aliphatic heterocycles. The molecule has 0 aromatic heterocycles. The van der Waals surface area contributed by atoms with E-state index in [1.807, 2.05) is 109 Å². The van der Waals surface area contributed by atoms with E-state index in [2.05, 4.69) is 52.0 Å². The highest BCUT2D eigenvalue weighted by molar-refractivity contribution is 6.35. The van der Waals surface area contributed by atoms with E-state index in [4.69, 9.17) is 60.6 Å². The van der Waals surface area contributed by atoms with Crippen molar-refractivity contribution < 1.29 is 14.2 Å². The molecule has 272 valence electrons. The van der Waals surface area contributed by atoms with E-state index in [9.17, 15) is 0 Å². The van der Waals surface area contributed by atoms with E-state index in [0.717, 1.165) is 45.3 Å². The Morgan fingerprint density at radius 3 is 1.11 bits per heavy atom. The molecule has 6 aromatic rings. The molecule has 0 N–H and O–H groups in total. The monoisotopic (exact) mass is 782 g/mol. The van der Waals surface area contributed by atoms with Gasteiger partial charge < -0.3 is 14.2 Å². The topological polar surface area (TPSA) is 27.7 Å². The van der Waals surface area contributed by atoms with Gasteiger partial charge in [-0.3, -0.25) is 0 Å². The maximum Gasteiger partial charge on any atom is 0.127 e. The van der Waals surface area contributed by atoms with Crippen LogP contribution in [0.4, 0.5) is 0 Å². The normalized spacial score (nSPS) is 13.0. The van der Waals surface area contributed by atoms with Gasteiger partial charge in [0.2, 0.25) is 0 Å². The van der Waals surface area contributed by atoms with Gasteiger partial charge in [-0.2, -0.15) is 0 Å². The van der Waals surface area contributed by atoms with E-state index in [1.165, 1.54) is 0 Å². The molecular formula is C46H42Cl4O3. The molecule has 3 nitrogen and oxygen atoms in total. The van der Waals surface area contributed by atoms with Gasteiger partial charge in [0.25, 0.3) is 0 Å². The third-order valence-electron chi connectivity index (χ3n) is 9.75. The van der Waals surface area contributed by atoms with Crippen molar-refractivity contribution in [2.45, 2.75) is 63.6 Å². The minimum Gasteiger partial charge on any atom is -0.457 e. The summed E-state index contributed by atoms with van der Waals surface area (Å²) >= 11 is 26.4. The van der Waals surface area contributed by atoms with Crippen LogP contribution in [0.15, 0.2) is 146 Å². The molecule has 0 radical (unpaired) electrons. The van der Waals surface area contributed by atoms with E-state index in [-0.39, 0.29) is 12.2 Å². The SMILES string of the molecule is CC(C)(c1cc(Cl)cc(Cl)c1)C(Cc1cccc(Oc2ccccc2)c1)OC(Cc1cccc(Oc2ccccc2)c1)C(C)(C)c1cc(Cl)cc(Cl)c1. The standard InChI is InChI=1S/C46H42Cl4O3/c1-45(2,33-25-35(47)29-36(48)26-33)43(23-31-13-11-19-41(21-31)51-39-15-7-5-8-16-39)53-44(46(3,4)34-27-37(49)30-38(50)28-34)24-32-14-12-20-42(22-32)52-40-17-9-6-10-18-40/h5-22,25-30,43-44H,23-24H2,1-4H3. The minimum atomic E-state index is -0.552. The van der Waals surface area contributed by atoms with Gasteiger partial charge in [0.05, 0.1) is 12.2 Å². The van der Waals surface area contributed by atoms with Crippen LogP contribution in [0, 0.1) is 0 Å². The summed E-state index contributed by atoms with van der Waals surface area (Å²) in [6, 6.07) is 47.3. The Bertz CT molecular complexity index is 1940. The summed E-state index contributed by atoms with van der Waals surface area (Å²) in [5, 5.41) is 2.27. The smallest absolute Gasteiger partial charge is 0.127 e. The average Bonchev–Trinajstić information content (AvgIpc) is 3.11. The molecule has 0 bridgehead atoms. The Morgan fingerprint density at radius 2 is 0.755 bits per heavy atom.